The normalized spacial score (nSPS) is 16.7. The van der Waals surface area contributed by atoms with Crippen LogP contribution in [0.2, 0.25) is 0 Å². The van der Waals surface area contributed by atoms with E-state index in [1.54, 1.807) is 0 Å². The first kappa shape index (κ1) is 14.5. The van der Waals surface area contributed by atoms with Crippen LogP contribution in [0.15, 0.2) is 24.3 Å². The third-order valence-corrected chi connectivity index (χ3v) is 5.32. The monoisotopic (exact) mass is 305 g/mol. The molecule has 112 valence electrons. The minimum atomic E-state index is -0.827. The van der Waals surface area contributed by atoms with E-state index in [1.165, 1.54) is 11.3 Å². The molecular formula is C16H19NO3S. The average Bonchev–Trinajstić information content (AvgIpc) is 2.87. The lowest BCUT2D eigenvalue weighted by Gasteiger charge is -2.31. The van der Waals surface area contributed by atoms with Gasteiger partial charge in [0.2, 0.25) is 0 Å². The van der Waals surface area contributed by atoms with E-state index in [1.807, 2.05) is 24.3 Å². The summed E-state index contributed by atoms with van der Waals surface area (Å²) in [6, 6.07) is 8.41. The lowest BCUT2D eigenvalue weighted by atomic mass is 10.1. The van der Waals surface area contributed by atoms with E-state index in [-0.39, 0.29) is 0 Å². The third-order valence-electron chi connectivity index (χ3n) is 4.11. The summed E-state index contributed by atoms with van der Waals surface area (Å²) >= 11 is 1.37. The molecule has 1 aromatic carbocycles. The molecule has 0 amide bonds. The lowest BCUT2D eigenvalue weighted by Crippen LogP contribution is -2.36. The first-order valence-electron chi connectivity index (χ1n) is 7.18. The Labute approximate surface area is 127 Å². The topological polar surface area (TPSA) is 49.8 Å². The Morgan fingerprint density at radius 1 is 1.38 bits per heavy atom. The van der Waals surface area contributed by atoms with Crippen LogP contribution in [-0.2, 0) is 11.3 Å². The molecule has 1 N–H and O–H groups in total. The highest BCUT2D eigenvalue weighted by Crippen LogP contribution is 2.32. The number of carbonyl (C=O) groups is 1. The van der Waals surface area contributed by atoms with Gasteiger partial charge in [0.15, 0.2) is 0 Å². The molecule has 0 bridgehead atoms. The van der Waals surface area contributed by atoms with E-state index >= 15 is 0 Å². The molecule has 5 heteroatoms. The van der Waals surface area contributed by atoms with Crippen LogP contribution in [-0.4, -0.2) is 42.3 Å². The fourth-order valence-electron chi connectivity index (χ4n) is 2.93. The Morgan fingerprint density at radius 2 is 2.10 bits per heavy atom. The van der Waals surface area contributed by atoms with Crippen molar-refractivity contribution in [3.05, 3.63) is 34.7 Å². The molecule has 4 nitrogen and oxygen atoms in total. The fraction of sp³-hybridized carbons (Fsp3) is 0.438. The number of hydrogen-bond donors (Lipinski definition) is 1. The highest BCUT2D eigenvalue weighted by atomic mass is 32.1. The zero-order chi connectivity index (χ0) is 14.8. The number of benzene rings is 1. The van der Waals surface area contributed by atoms with Crippen LogP contribution in [0.4, 0.5) is 0 Å². The summed E-state index contributed by atoms with van der Waals surface area (Å²) in [5.74, 6) is -0.827. The van der Waals surface area contributed by atoms with Gasteiger partial charge in [-0.1, -0.05) is 18.2 Å². The van der Waals surface area contributed by atoms with Crippen LogP contribution in [0.3, 0.4) is 0 Å². The van der Waals surface area contributed by atoms with Crippen LogP contribution in [0.25, 0.3) is 10.1 Å². The first-order chi connectivity index (χ1) is 10.2. The van der Waals surface area contributed by atoms with Crippen molar-refractivity contribution in [2.45, 2.75) is 25.4 Å². The summed E-state index contributed by atoms with van der Waals surface area (Å²) in [5.41, 5.74) is 0.942. The van der Waals surface area contributed by atoms with Crippen LogP contribution >= 0.6 is 11.3 Å². The van der Waals surface area contributed by atoms with Gasteiger partial charge in [-0.2, -0.15) is 0 Å². The van der Waals surface area contributed by atoms with Gasteiger partial charge in [0.05, 0.1) is 0 Å². The summed E-state index contributed by atoms with van der Waals surface area (Å²) in [6.45, 7) is 2.27. The molecule has 1 saturated heterocycles. The average molecular weight is 305 g/mol. The smallest absolute Gasteiger partial charge is 0.346 e. The van der Waals surface area contributed by atoms with Gasteiger partial charge in [0.25, 0.3) is 0 Å². The zero-order valence-electron chi connectivity index (χ0n) is 12.0. The van der Waals surface area contributed by atoms with Crippen molar-refractivity contribution in [2.24, 2.45) is 0 Å². The van der Waals surface area contributed by atoms with Gasteiger partial charge in [-0.25, -0.2) is 4.79 Å². The van der Waals surface area contributed by atoms with Crippen LogP contribution in [0.5, 0.6) is 0 Å². The second-order valence-corrected chi connectivity index (χ2v) is 6.52. The summed E-state index contributed by atoms with van der Waals surface area (Å²) in [6.07, 6.45) is 2.03. The number of nitrogens with zero attached hydrogens (tertiary/aromatic N) is 1. The molecule has 1 aliphatic rings. The van der Waals surface area contributed by atoms with Gasteiger partial charge in [-0.05, 0) is 36.9 Å². The largest absolute Gasteiger partial charge is 0.477 e. The maximum Gasteiger partial charge on any atom is 0.346 e. The standard InChI is InChI=1S/C16H19NO3S/c1-17(11-6-8-20-9-7-11)10-13-12-4-2-3-5-14(12)21-15(13)16(18)19/h2-5,11H,6-10H2,1H3,(H,18,19). The maximum absolute atomic E-state index is 11.5. The Balaban J connectivity index is 1.91. The molecule has 0 aliphatic carbocycles. The summed E-state index contributed by atoms with van der Waals surface area (Å²) < 4.78 is 6.45. The van der Waals surface area contributed by atoms with Crippen molar-refractivity contribution in [3.8, 4) is 0 Å². The van der Waals surface area contributed by atoms with E-state index in [2.05, 4.69) is 11.9 Å². The first-order valence-corrected chi connectivity index (χ1v) is 8.00. The fourth-order valence-corrected chi connectivity index (χ4v) is 3.99. The molecule has 1 aromatic heterocycles. The highest BCUT2D eigenvalue weighted by molar-refractivity contribution is 7.21. The molecule has 0 unspecified atom stereocenters. The number of ether oxygens (including phenoxy) is 1. The predicted molar refractivity (Wildman–Crippen MR) is 84.1 cm³/mol. The Bertz CT molecular complexity index is 646. The number of rotatable bonds is 4. The second-order valence-electron chi connectivity index (χ2n) is 5.47. The number of fused-ring (bicyclic) bond motifs is 1. The van der Waals surface area contributed by atoms with Crippen molar-refractivity contribution in [3.63, 3.8) is 0 Å². The molecule has 0 saturated carbocycles. The zero-order valence-corrected chi connectivity index (χ0v) is 12.9. The minimum absolute atomic E-state index is 0.468. The Morgan fingerprint density at radius 3 is 2.81 bits per heavy atom. The molecule has 0 atom stereocenters. The van der Waals surface area contributed by atoms with Gasteiger partial charge in [-0.15, -0.1) is 11.3 Å². The minimum Gasteiger partial charge on any atom is -0.477 e. The number of hydrogen-bond acceptors (Lipinski definition) is 4. The quantitative estimate of drug-likeness (QED) is 0.942. The number of carboxylic acid groups (broad SMARTS) is 1. The molecule has 0 spiro atoms. The van der Waals surface area contributed by atoms with Crippen molar-refractivity contribution >= 4 is 27.4 Å². The summed E-state index contributed by atoms with van der Waals surface area (Å²) in [7, 11) is 2.08. The van der Waals surface area contributed by atoms with Gasteiger partial charge in [0, 0.05) is 30.5 Å². The number of aromatic carboxylic acids is 1. The van der Waals surface area contributed by atoms with Crippen LogP contribution < -0.4 is 0 Å². The molecule has 1 aliphatic heterocycles. The molecule has 0 radical (unpaired) electrons. The number of carboxylic acids is 1. The molecule has 3 rings (SSSR count). The Hall–Kier alpha value is -1.43. The van der Waals surface area contributed by atoms with Crippen molar-refractivity contribution < 1.29 is 14.6 Å². The molecule has 1 fully saturated rings. The van der Waals surface area contributed by atoms with E-state index in [4.69, 9.17) is 4.74 Å². The molecule has 21 heavy (non-hydrogen) atoms. The van der Waals surface area contributed by atoms with Gasteiger partial charge < -0.3 is 9.84 Å². The van der Waals surface area contributed by atoms with Gasteiger partial charge >= 0.3 is 5.97 Å². The van der Waals surface area contributed by atoms with Crippen molar-refractivity contribution in [1.29, 1.82) is 0 Å². The van der Waals surface area contributed by atoms with Crippen molar-refractivity contribution in [2.75, 3.05) is 20.3 Å². The van der Waals surface area contributed by atoms with E-state index in [0.29, 0.717) is 17.5 Å². The highest BCUT2D eigenvalue weighted by Gasteiger charge is 2.23. The van der Waals surface area contributed by atoms with Gasteiger partial charge in [0.1, 0.15) is 4.88 Å². The summed E-state index contributed by atoms with van der Waals surface area (Å²) in [4.78, 5) is 14.3. The van der Waals surface area contributed by atoms with Gasteiger partial charge in [-0.3, -0.25) is 4.90 Å². The third kappa shape index (κ3) is 2.95. The van der Waals surface area contributed by atoms with E-state index in [0.717, 1.165) is 41.7 Å². The van der Waals surface area contributed by atoms with E-state index < -0.39 is 5.97 Å². The summed E-state index contributed by atoms with van der Waals surface area (Å²) in [5, 5.41) is 10.5. The van der Waals surface area contributed by atoms with Crippen molar-refractivity contribution in [1.82, 2.24) is 4.90 Å². The second kappa shape index (κ2) is 6.13. The lowest BCUT2D eigenvalue weighted by molar-refractivity contribution is 0.0406. The maximum atomic E-state index is 11.5. The molecule has 2 heterocycles. The number of thiophene rings is 1. The SMILES string of the molecule is CN(Cc1c(C(=O)O)sc2ccccc12)C1CCOCC1. The Kier molecular flexibility index (Phi) is 4.24. The van der Waals surface area contributed by atoms with Crippen LogP contribution in [0.1, 0.15) is 28.1 Å². The van der Waals surface area contributed by atoms with Crippen LogP contribution in [0, 0.1) is 0 Å². The predicted octanol–water partition coefficient (Wildman–Crippen LogP) is 3.21. The molecular weight excluding hydrogens is 286 g/mol. The van der Waals surface area contributed by atoms with E-state index in [9.17, 15) is 9.90 Å². The molecule has 2 aromatic rings.